The monoisotopic (exact) mass is 510 g/mol. The quantitative estimate of drug-likeness (QED) is 0.542. The highest BCUT2D eigenvalue weighted by atomic mass is 35.5. The van der Waals surface area contributed by atoms with Crippen LogP contribution in [0.3, 0.4) is 0 Å². The second-order valence-electron chi connectivity index (χ2n) is 6.56. The number of aliphatic imine (C=N–C) groups is 1. The lowest BCUT2D eigenvalue weighted by atomic mass is 10.1. The van der Waals surface area contributed by atoms with Crippen LogP contribution >= 0.6 is 11.6 Å². The predicted molar refractivity (Wildman–Crippen MR) is 104 cm³/mol. The summed E-state index contributed by atoms with van der Waals surface area (Å²) in [5.41, 5.74) is -2.10. The number of alkyl halides is 6. The summed E-state index contributed by atoms with van der Waals surface area (Å²) in [6.45, 7) is -0.160. The van der Waals surface area contributed by atoms with Crippen LogP contribution in [-0.2, 0) is 11.0 Å². The van der Waals surface area contributed by atoms with Crippen LogP contribution in [0.2, 0.25) is 5.02 Å². The standard InChI is InChI=1S/C20H10ClF7N2O4/c21-14-5-12(18(32)30-9-3-10(31)8-29-7-9)17(6-13(14)19(23,24)25)33-16-2-1-11(4-15(16)22)34-20(26,27)28/h1-7H,8H2,(H,30,32). The third-order valence-corrected chi connectivity index (χ3v) is 4.34. The number of carbonyl (C=O) groups is 2. The Kier molecular flexibility index (Phi) is 6.87. The average Bonchev–Trinajstić information content (AvgIpc) is 2.68. The summed E-state index contributed by atoms with van der Waals surface area (Å²) in [4.78, 5) is 27.8. The first kappa shape index (κ1) is 25.0. The van der Waals surface area contributed by atoms with Crippen molar-refractivity contribution in [1.82, 2.24) is 5.32 Å². The average molecular weight is 511 g/mol. The number of hydrogen-bond donors (Lipinski definition) is 1. The number of amides is 1. The molecular formula is C20H10ClF7N2O4. The topological polar surface area (TPSA) is 77.0 Å². The van der Waals surface area contributed by atoms with Crippen molar-refractivity contribution in [1.29, 1.82) is 0 Å². The molecule has 0 spiro atoms. The Balaban J connectivity index is 2.00. The molecule has 1 amide bonds. The van der Waals surface area contributed by atoms with Gasteiger partial charge in [-0.25, -0.2) is 4.39 Å². The normalized spacial score (nSPS) is 14.0. The number of benzene rings is 2. The molecule has 0 saturated carbocycles. The Labute approximate surface area is 190 Å². The smallest absolute Gasteiger partial charge is 0.453 e. The molecule has 0 atom stereocenters. The van der Waals surface area contributed by atoms with Crippen molar-refractivity contribution < 1.29 is 49.8 Å². The zero-order valence-corrected chi connectivity index (χ0v) is 17.1. The van der Waals surface area contributed by atoms with E-state index >= 15 is 0 Å². The summed E-state index contributed by atoms with van der Waals surface area (Å²) in [5, 5.41) is 1.33. The van der Waals surface area contributed by atoms with Crippen LogP contribution in [0.5, 0.6) is 17.2 Å². The van der Waals surface area contributed by atoms with Gasteiger partial charge in [0.05, 0.1) is 21.8 Å². The molecule has 0 radical (unpaired) electrons. The van der Waals surface area contributed by atoms with Gasteiger partial charge in [-0.05, 0) is 24.3 Å². The van der Waals surface area contributed by atoms with E-state index in [0.29, 0.717) is 24.3 Å². The minimum absolute atomic E-state index is 0.0805. The largest absolute Gasteiger partial charge is 0.573 e. The first-order valence-electron chi connectivity index (χ1n) is 8.92. The molecule has 34 heavy (non-hydrogen) atoms. The van der Waals surface area contributed by atoms with Gasteiger partial charge in [0, 0.05) is 18.4 Å². The molecule has 0 aliphatic carbocycles. The predicted octanol–water partition coefficient (Wildman–Crippen LogP) is 5.46. The second kappa shape index (κ2) is 9.33. The summed E-state index contributed by atoms with van der Waals surface area (Å²) in [6, 6.07) is 2.54. The Hall–Kier alpha value is -3.61. The van der Waals surface area contributed by atoms with Crippen molar-refractivity contribution >= 4 is 29.5 Å². The first-order valence-corrected chi connectivity index (χ1v) is 9.30. The van der Waals surface area contributed by atoms with E-state index in [4.69, 9.17) is 16.3 Å². The minimum Gasteiger partial charge on any atom is -0.453 e. The molecule has 2 aromatic rings. The maximum absolute atomic E-state index is 14.3. The van der Waals surface area contributed by atoms with Gasteiger partial charge < -0.3 is 14.8 Å². The molecular weight excluding hydrogens is 501 g/mol. The van der Waals surface area contributed by atoms with E-state index in [9.17, 15) is 40.3 Å². The van der Waals surface area contributed by atoms with Gasteiger partial charge in [0.2, 0.25) is 0 Å². The first-order chi connectivity index (χ1) is 15.7. The number of dihydropyridines is 1. The van der Waals surface area contributed by atoms with Crippen LogP contribution in [0.4, 0.5) is 30.7 Å². The zero-order chi connectivity index (χ0) is 25.3. The minimum atomic E-state index is -5.11. The highest BCUT2D eigenvalue weighted by Crippen LogP contribution is 2.40. The molecule has 0 bridgehead atoms. The lowest BCUT2D eigenvalue weighted by Crippen LogP contribution is -2.27. The fourth-order valence-electron chi connectivity index (χ4n) is 2.67. The van der Waals surface area contributed by atoms with Gasteiger partial charge in [-0.2, -0.15) is 13.2 Å². The van der Waals surface area contributed by atoms with E-state index in [1.165, 1.54) is 0 Å². The summed E-state index contributed by atoms with van der Waals surface area (Å²) in [5.74, 6) is -5.55. The molecule has 1 aliphatic heterocycles. The third kappa shape index (κ3) is 6.25. The molecule has 0 unspecified atom stereocenters. The maximum atomic E-state index is 14.3. The van der Waals surface area contributed by atoms with Crippen molar-refractivity contribution in [2.24, 2.45) is 4.99 Å². The van der Waals surface area contributed by atoms with E-state index in [1.807, 2.05) is 0 Å². The molecule has 180 valence electrons. The van der Waals surface area contributed by atoms with Crippen molar-refractivity contribution in [2.45, 2.75) is 12.5 Å². The van der Waals surface area contributed by atoms with Gasteiger partial charge in [-0.15, -0.1) is 13.2 Å². The fraction of sp³-hybridized carbons (Fsp3) is 0.150. The van der Waals surface area contributed by atoms with Crippen LogP contribution < -0.4 is 14.8 Å². The molecule has 0 fully saturated rings. The van der Waals surface area contributed by atoms with Crippen molar-refractivity contribution in [3.8, 4) is 17.2 Å². The molecule has 2 aromatic carbocycles. The number of halogens is 8. The maximum Gasteiger partial charge on any atom is 0.573 e. The van der Waals surface area contributed by atoms with Crippen molar-refractivity contribution in [3.63, 3.8) is 0 Å². The molecule has 0 aromatic heterocycles. The summed E-state index contributed by atoms with van der Waals surface area (Å²) < 4.78 is 99.7. The van der Waals surface area contributed by atoms with Crippen LogP contribution in [0, 0.1) is 5.82 Å². The van der Waals surface area contributed by atoms with Crippen LogP contribution in [-0.4, -0.2) is 30.8 Å². The molecule has 3 rings (SSSR count). The summed E-state index contributed by atoms with van der Waals surface area (Å²) in [6.07, 6.45) is -7.95. The number of ether oxygens (including phenoxy) is 2. The van der Waals surface area contributed by atoms with E-state index in [2.05, 4.69) is 15.0 Å². The number of hydrogen-bond acceptors (Lipinski definition) is 5. The summed E-state index contributed by atoms with van der Waals surface area (Å²) >= 11 is 5.66. The Morgan fingerprint density at radius 2 is 1.76 bits per heavy atom. The van der Waals surface area contributed by atoms with Gasteiger partial charge in [0.1, 0.15) is 18.0 Å². The number of ketones is 1. The zero-order valence-electron chi connectivity index (χ0n) is 16.4. The Morgan fingerprint density at radius 1 is 1.06 bits per heavy atom. The van der Waals surface area contributed by atoms with Crippen molar-refractivity contribution in [2.75, 3.05) is 6.54 Å². The summed E-state index contributed by atoms with van der Waals surface area (Å²) in [7, 11) is 0. The SMILES string of the molecule is O=C1C=C(NC(=O)c2cc(Cl)c(C(F)(F)F)cc2Oc2ccc(OC(F)(F)F)cc2F)C=NC1. The number of carbonyl (C=O) groups excluding carboxylic acids is 2. The van der Waals surface area contributed by atoms with Gasteiger partial charge in [0.15, 0.2) is 17.3 Å². The van der Waals surface area contributed by atoms with E-state index < -0.39 is 63.4 Å². The number of nitrogens with zero attached hydrogens (tertiary/aromatic N) is 1. The molecule has 1 aliphatic rings. The molecule has 6 nitrogen and oxygen atoms in total. The lowest BCUT2D eigenvalue weighted by Gasteiger charge is -2.17. The van der Waals surface area contributed by atoms with Gasteiger partial charge in [0.25, 0.3) is 5.91 Å². The Bertz CT molecular complexity index is 1210. The molecule has 1 heterocycles. The van der Waals surface area contributed by atoms with Crippen molar-refractivity contribution in [3.05, 3.63) is 64.1 Å². The number of rotatable bonds is 5. The molecule has 0 saturated heterocycles. The van der Waals surface area contributed by atoms with Crippen LogP contribution in [0.25, 0.3) is 0 Å². The van der Waals surface area contributed by atoms with Gasteiger partial charge in [-0.3, -0.25) is 14.6 Å². The second-order valence-corrected chi connectivity index (χ2v) is 6.97. The van der Waals surface area contributed by atoms with Crippen LogP contribution in [0.15, 0.2) is 47.1 Å². The van der Waals surface area contributed by atoms with Gasteiger partial charge >= 0.3 is 12.5 Å². The third-order valence-electron chi connectivity index (χ3n) is 4.03. The number of allylic oxidation sites excluding steroid dienone is 1. The van der Waals surface area contributed by atoms with E-state index in [0.717, 1.165) is 12.3 Å². The van der Waals surface area contributed by atoms with Crippen LogP contribution in [0.1, 0.15) is 15.9 Å². The highest BCUT2D eigenvalue weighted by molar-refractivity contribution is 6.32. The highest BCUT2D eigenvalue weighted by Gasteiger charge is 2.36. The van der Waals surface area contributed by atoms with E-state index in [1.54, 1.807) is 0 Å². The van der Waals surface area contributed by atoms with Gasteiger partial charge in [-0.1, -0.05) is 11.6 Å². The lowest BCUT2D eigenvalue weighted by molar-refractivity contribution is -0.274. The molecule has 1 N–H and O–H groups in total. The molecule has 14 heteroatoms. The fourth-order valence-corrected chi connectivity index (χ4v) is 2.94. The number of nitrogens with one attached hydrogen (secondary N) is 1. The Morgan fingerprint density at radius 3 is 2.35 bits per heavy atom. The van der Waals surface area contributed by atoms with E-state index in [-0.39, 0.29) is 18.3 Å².